The highest BCUT2D eigenvalue weighted by Gasteiger charge is 2.48. The quantitative estimate of drug-likeness (QED) is 0.533. The number of allylic oxidation sites excluding steroid dienone is 2. The van der Waals surface area contributed by atoms with Crippen molar-refractivity contribution in [1.82, 2.24) is 0 Å². The third-order valence-corrected chi connectivity index (χ3v) is 4.91. The fraction of sp³-hybridized carbons (Fsp3) is 0.0909. The summed E-state index contributed by atoms with van der Waals surface area (Å²) in [6, 6.07) is 13.0. The average molecular weight is 408 g/mol. The standard InChI is InChI=1S/C22H16O8/c23-18(24)15-8-14(10-22(11-15,20(27)28)21(29)30)13-6-7-16(17(9-13)19(25)26)12-4-2-1-3-5-12/h1-10H,11H2,(H,23,24)(H,25,26)(H,27,28)(H,29,30). The molecule has 0 radical (unpaired) electrons. The Hall–Kier alpha value is -4.20. The molecule has 0 bridgehead atoms. The van der Waals surface area contributed by atoms with Crippen LogP contribution >= 0.6 is 0 Å². The smallest absolute Gasteiger partial charge is 0.336 e. The zero-order chi connectivity index (χ0) is 22.1. The van der Waals surface area contributed by atoms with Crippen LogP contribution in [0.5, 0.6) is 0 Å². The molecule has 1 aliphatic carbocycles. The van der Waals surface area contributed by atoms with Crippen molar-refractivity contribution in [2.45, 2.75) is 6.42 Å². The van der Waals surface area contributed by atoms with Gasteiger partial charge in [-0.15, -0.1) is 0 Å². The van der Waals surface area contributed by atoms with Crippen molar-refractivity contribution in [2.75, 3.05) is 0 Å². The van der Waals surface area contributed by atoms with Crippen LogP contribution in [0.4, 0.5) is 0 Å². The summed E-state index contributed by atoms with van der Waals surface area (Å²) in [5.41, 5.74) is -1.71. The van der Waals surface area contributed by atoms with E-state index in [9.17, 15) is 39.6 Å². The third kappa shape index (κ3) is 3.58. The second-order valence-electron chi connectivity index (χ2n) is 6.76. The van der Waals surface area contributed by atoms with Crippen LogP contribution in [0.15, 0.2) is 66.3 Å². The fourth-order valence-corrected chi connectivity index (χ4v) is 3.34. The number of aromatic carboxylic acids is 1. The van der Waals surface area contributed by atoms with Gasteiger partial charge in [-0.25, -0.2) is 9.59 Å². The average Bonchev–Trinajstić information content (AvgIpc) is 2.73. The number of hydrogen-bond donors (Lipinski definition) is 4. The lowest BCUT2D eigenvalue weighted by molar-refractivity contribution is -0.160. The maximum absolute atomic E-state index is 11.8. The molecule has 0 saturated carbocycles. The van der Waals surface area contributed by atoms with E-state index < -0.39 is 41.3 Å². The molecule has 152 valence electrons. The van der Waals surface area contributed by atoms with Crippen molar-refractivity contribution < 1.29 is 39.6 Å². The number of carboxylic acids is 4. The largest absolute Gasteiger partial charge is 0.480 e. The zero-order valence-corrected chi connectivity index (χ0v) is 15.4. The lowest BCUT2D eigenvalue weighted by Crippen LogP contribution is -2.40. The molecule has 0 amide bonds. The molecule has 0 spiro atoms. The van der Waals surface area contributed by atoms with Gasteiger partial charge < -0.3 is 20.4 Å². The van der Waals surface area contributed by atoms with Gasteiger partial charge in [0.2, 0.25) is 0 Å². The van der Waals surface area contributed by atoms with Crippen molar-refractivity contribution in [2.24, 2.45) is 5.41 Å². The fourth-order valence-electron chi connectivity index (χ4n) is 3.34. The summed E-state index contributed by atoms with van der Waals surface area (Å²) in [6.45, 7) is 0. The molecule has 30 heavy (non-hydrogen) atoms. The van der Waals surface area contributed by atoms with E-state index in [1.165, 1.54) is 18.2 Å². The van der Waals surface area contributed by atoms with Gasteiger partial charge in [0.1, 0.15) is 0 Å². The summed E-state index contributed by atoms with van der Waals surface area (Å²) in [5, 5.41) is 38.0. The van der Waals surface area contributed by atoms with Gasteiger partial charge in [0.05, 0.1) is 5.56 Å². The summed E-state index contributed by atoms with van der Waals surface area (Å²) < 4.78 is 0. The molecule has 4 N–H and O–H groups in total. The first-order valence-corrected chi connectivity index (χ1v) is 8.72. The van der Waals surface area contributed by atoms with Gasteiger partial charge in [-0.3, -0.25) is 9.59 Å². The number of hydrogen-bond acceptors (Lipinski definition) is 4. The van der Waals surface area contributed by atoms with E-state index in [1.54, 1.807) is 30.3 Å². The van der Waals surface area contributed by atoms with Crippen LogP contribution in [-0.2, 0) is 14.4 Å². The molecule has 0 aromatic heterocycles. The third-order valence-electron chi connectivity index (χ3n) is 4.91. The predicted molar refractivity (Wildman–Crippen MR) is 105 cm³/mol. The van der Waals surface area contributed by atoms with Gasteiger partial charge in [0.25, 0.3) is 0 Å². The maximum Gasteiger partial charge on any atom is 0.336 e. The highest BCUT2D eigenvalue weighted by atomic mass is 16.4. The topological polar surface area (TPSA) is 149 Å². The summed E-state index contributed by atoms with van der Waals surface area (Å²) in [4.78, 5) is 46.8. The Morgan fingerprint density at radius 2 is 1.40 bits per heavy atom. The molecule has 0 heterocycles. The number of benzene rings is 2. The van der Waals surface area contributed by atoms with Gasteiger partial charge in [-0.05, 0) is 40.5 Å². The molecule has 8 nitrogen and oxygen atoms in total. The van der Waals surface area contributed by atoms with E-state index in [1.807, 2.05) is 0 Å². The van der Waals surface area contributed by atoms with Crippen LogP contribution in [0.25, 0.3) is 16.7 Å². The molecule has 8 heteroatoms. The van der Waals surface area contributed by atoms with Crippen LogP contribution in [0.2, 0.25) is 0 Å². The molecule has 0 saturated heterocycles. The summed E-state index contributed by atoms with van der Waals surface area (Å²) >= 11 is 0. The molecule has 0 atom stereocenters. The van der Waals surface area contributed by atoms with E-state index >= 15 is 0 Å². The second kappa shape index (κ2) is 7.67. The van der Waals surface area contributed by atoms with Crippen LogP contribution in [0.3, 0.4) is 0 Å². The van der Waals surface area contributed by atoms with E-state index in [0.717, 1.165) is 12.2 Å². The Labute approximate surface area is 170 Å². The Morgan fingerprint density at radius 3 is 1.93 bits per heavy atom. The normalized spacial score (nSPS) is 14.9. The second-order valence-corrected chi connectivity index (χ2v) is 6.76. The number of rotatable bonds is 6. The van der Waals surface area contributed by atoms with E-state index in [4.69, 9.17) is 0 Å². The van der Waals surface area contributed by atoms with Crippen molar-refractivity contribution in [3.8, 4) is 11.1 Å². The summed E-state index contributed by atoms with van der Waals surface area (Å²) in [6.07, 6.45) is 1.38. The molecule has 2 aromatic rings. The molecular formula is C22H16O8. The minimum absolute atomic E-state index is 0.00515. The minimum Gasteiger partial charge on any atom is -0.480 e. The SMILES string of the molecule is O=C(O)C1=CC(c2ccc(-c3ccccc3)c(C(=O)O)c2)=CC(C(=O)O)(C(=O)O)C1. The first kappa shape index (κ1) is 20.5. The van der Waals surface area contributed by atoms with Gasteiger partial charge in [0.15, 0.2) is 5.41 Å². The van der Waals surface area contributed by atoms with Gasteiger partial charge in [0, 0.05) is 12.0 Å². The number of carboxylic acid groups (broad SMARTS) is 4. The molecule has 0 unspecified atom stereocenters. The van der Waals surface area contributed by atoms with Gasteiger partial charge >= 0.3 is 23.9 Å². The van der Waals surface area contributed by atoms with E-state index in [-0.39, 0.29) is 16.7 Å². The van der Waals surface area contributed by atoms with Crippen LogP contribution in [-0.4, -0.2) is 44.3 Å². The molecule has 0 aliphatic heterocycles. The molecule has 1 aliphatic rings. The molecule has 2 aromatic carbocycles. The van der Waals surface area contributed by atoms with E-state index in [2.05, 4.69) is 0 Å². The lowest BCUT2D eigenvalue weighted by Gasteiger charge is -2.26. The zero-order valence-electron chi connectivity index (χ0n) is 15.4. The van der Waals surface area contributed by atoms with Crippen molar-refractivity contribution in [1.29, 1.82) is 0 Å². The lowest BCUT2D eigenvalue weighted by atomic mass is 9.74. The Balaban J connectivity index is 2.22. The highest BCUT2D eigenvalue weighted by Crippen LogP contribution is 2.39. The van der Waals surface area contributed by atoms with Crippen LogP contribution in [0.1, 0.15) is 22.3 Å². The predicted octanol–water partition coefficient (Wildman–Crippen LogP) is 3.01. The Kier molecular flexibility index (Phi) is 5.25. The summed E-state index contributed by atoms with van der Waals surface area (Å²) in [5.74, 6) is -6.11. The van der Waals surface area contributed by atoms with Gasteiger partial charge in [-0.1, -0.05) is 42.5 Å². The van der Waals surface area contributed by atoms with Crippen molar-refractivity contribution in [3.63, 3.8) is 0 Å². The number of aliphatic carboxylic acids is 3. The van der Waals surface area contributed by atoms with Crippen molar-refractivity contribution in [3.05, 3.63) is 77.4 Å². The molecule has 0 fully saturated rings. The Bertz CT molecular complexity index is 1110. The van der Waals surface area contributed by atoms with Crippen LogP contribution < -0.4 is 0 Å². The Morgan fingerprint density at radius 1 is 0.767 bits per heavy atom. The van der Waals surface area contributed by atoms with Crippen LogP contribution in [0, 0.1) is 5.41 Å². The molecule has 3 rings (SSSR count). The summed E-state index contributed by atoms with van der Waals surface area (Å²) in [7, 11) is 0. The minimum atomic E-state index is -2.47. The molecular weight excluding hydrogens is 392 g/mol. The first-order valence-electron chi connectivity index (χ1n) is 8.72. The number of carbonyl (C=O) groups is 4. The monoisotopic (exact) mass is 408 g/mol. The van der Waals surface area contributed by atoms with E-state index in [0.29, 0.717) is 11.1 Å². The highest BCUT2D eigenvalue weighted by molar-refractivity contribution is 6.07. The maximum atomic E-state index is 11.8. The van der Waals surface area contributed by atoms with Crippen molar-refractivity contribution >= 4 is 29.5 Å². The first-order chi connectivity index (χ1) is 14.2. The van der Waals surface area contributed by atoms with Gasteiger partial charge in [-0.2, -0.15) is 0 Å².